The SMILES string of the molecule is CCOc1cc(C=C(C#N)C(=O)Nc2cc(C(F)(F)F)ccc2Cl)ccc1OC(=O)c1cccc2ccccc12. The van der Waals surface area contributed by atoms with E-state index in [-0.39, 0.29) is 28.8 Å². The Bertz CT molecular complexity index is 1670. The Morgan fingerprint density at radius 1 is 1.00 bits per heavy atom. The molecule has 0 aliphatic heterocycles. The summed E-state index contributed by atoms with van der Waals surface area (Å²) in [7, 11) is 0. The lowest BCUT2D eigenvalue weighted by Crippen LogP contribution is -2.15. The lowest BCUT2D eigenvalue weighted by Gasteiger charge is -2.13. The van der Waals surface area contributed by atoms with E-state index in [1.165, 1.54) is 24.3 Å². The number of nitriles is 1. The molecule has 0 atom stereocenters. The van der Waals surface area contributed by atoms with Gasteiger partial charge in [0.25, 0.3) is 5.91 Å². The van der Waals surface area contributed by atoms with Crippen molar-refractivity contribution in [3.05, 3.63) is 106 Å². The summed E-state index contributed by atoms with van der Waals surface area (Å²) in [4.78, 5) is 25.7. The molecule has 0 fully saturated rings. The Morgan fingerprint density at radius 3 is 2.48 bits per heavy atom. The van der Waals surface area contributed by atoms with Crippen LogP contribution in [0.2, 0.25) is 5.02 Å². The maximum Gasteiger partial charge on any atom is 0.416 e. The second-order valence-electron chi connectivity index (χ2n) is 8.37. The standard InChI is InChI=1S/C30H20ClF3N2O4/c1-2-39-27-15-18(10-13-26(27)40-29(38)23-9-5-7-19-6-3-4-8-22(19)23)14-20(17-35)28(37)36-25-16-21(30(32,33)34)11-12-24(25)31/h3-16H,2H2,1H3,(H,36,37). The smallest absolute Gasteiger partial charge is 0.416 e. The zero-order valence-corrected chi connectivity index (χ0v) is 21.6. The molecule has 0 aliphatic rings. The van der Waals surface area contributed by atoms with Gasteiger partial charge in [0, 0.05) is 0 Å². The summed E-state index contributed by atoms with van der Waals surface area (Å²) in [6.45, 7) is 1.96. The molecule has 6 nitrogen and oxygen atoms in total. The molecule has 1 N–H and O–H groups in total. The molecule has 0 unspecified atom stereocenters. The molecule has 1 amide bonds. The van der Waals surface area contributed by atoms with Gasteiger partial charge in [-0.05, 0) is 65.7 Å². The second kappa shape index (κ2) is 11.9. The first-order chi connectivity index (χ1) is 19.1. The van der Waals surface area contributed by atoms with Gasteiger partial charge in [-0.25, -0.2) is 4.79 Å². The highest BCUT2D eigenvalue weighted by atomic mass is 35.5. The number of carbonyl (C=O) groups is 2. The van der Waals surface area contributed by atoms with Crippen LogP contribution in [-0.4, -0.2) is 18.5 Å². The summed E-state index contributed by atoms with van der Waals surface area (Å²) < 4.78 is 50.4. The first-order valence-corrected chi connectivity index (χ1v) is 12.2. The molecule has 40 heavy (non-hydrogen) atoms. The van der Waals surface area contributed by atoms with E-state index in [1.54, 1.807) is 25.1 Å². The van der Waals surface area contributed by atoms with Crippen molar-refractivity contribution in [3.63, 3.8) is 0 Å². The number of fused-ring (bicyclic) bond motifs is 1. The van der Waals surface area contributed by atoms with E-state index >= 15 is 0 Å². The van der Waals surface area contributed by atoms with Gasteiger partial charge in [0.15, 0.2) is 11.5 Å². The van der Waals surface area contributed by atoms with Crippen LogP contribution in [0, 0.1) is 11.3 Å². The van der Waals surface area contributed by atoms with Crippen LogP contribution in [0.3, 0.4) is 0 Å². The molecule has 0 saturated heterocycles. The summed E-state index contributed by atoms with van der Waals surface area (Å²) in [6, 6.07) is 21.3. The number of nitrogens with zero attached hydrogens (tertiary/aromatic N) is 1. The number of ether oxygens (including phenoxy) is 2. The molecule has 4 aromatic rings. The van der Waals surface area contributed by atoms with Crippen LogP contribution in [0.5, 0.6) is 11.5 Å². The van der Waals surface area contributed by atoms with E-state index in [0.29, 0.717) is 17.2 Å². The topological polar surface area (TPSA) is 88.4 Å². The van der Waals surface area contributed by atoms with Gasteiger partial charge in [0.2, 0.25) is 0 Å². The van der Waals surface area contributed by atoms with Crippen molar-refractivity contribution in [1.29, 1.82) is 5.26 Å². The summed E-state index contributed by atoms with van der Waals surface area (Å²) in [5.74, 6) is -1.26. The van der Waals surface area contributed by atoms with Crippen LogP contribution in [0.4, 0.5) is 18.9 Å². The first-order valence-electron chi connectivity index (χ1n) is 11.9. The minimum atomic E-state index is -4.65. The predicted octanol–water partition coefficient (Wildman–Crippen LogP) is 7.68. The molecule has 0 saturated carbocycles. The molecule has 0 bridgehead atoms. The number of anilines is 1. The van der Waals surface area contributed by atoms with Crippen molar-refractivity contribution >= 4 is 46.0 Å². The monoisotopic (exact) mass is 564 g/mol. The first kappa shape index (κ1) is 28.2. The number of halogens is 4. The molecule has 0 heterocycles. The molecule has 0 radical (unpaired) electrons. The van der Waals surface area contributed by atoms with E-state index in [4.69, 9.17) is 21.1 Å². The summed E-state index contributed by atoms with van der Waals surface area (Å²) in [5, 5.41) is 13.3. The van der Waals surface area contributed by atoms with E-state index in [2.05, 4.69) is 5.32 Å². The molecule has 0 aromatic heterocycles. The van der Waals surface area contributed by atoms with Gasteiger partial charge in [-0.15, -0.1) is 0 Å². The fourth-order valence-electron chi connectivity index (χ4n) is 3.83. The van der Waals surface area contributed by atoms with Crippen molar-refractivity contribution in [2.24, 2.45) is 0 Å². The largest absolute Gasteiger partial charge is 0.490 e. The lowest BCUT2D eigenvalue weighted by atomic mass is 10.0. The molecule has 4 rings (SSSR count). The predicted molar refractivity (Wildman–Crippen MR) is 145 cm³/mol. The Morgan fingerprint density at radius 2 is 1.75 bits per heavy atom. The third kappa shape index (κ3) is 6.42. The van der Waals surface area contributed by atoms with E-state index in [0.717, 1.165) is 22.9 Å². The normalized spacial score (nSPS) is 11.6. The average molecular weight is 565 g/mol. The number of benzene rings is 4. The molecule has 0 aliphatic carbocycles. The number of esters is 1. The number of rotatable bonds is 7. The van der Waals surface area contributed by atoms with Gasteiger partial charge < -0.3 is 14.8 Å². The minimum absolute atomic E-state index is 0.121. The van der Waals surface area contributed by atoms with Gasteiger partial charge in [0.1, 0.15) is 11.6 Å². The number of hydrogen-bond acceptors (Lipinski definition) is 5. The molecule has 10 heteroatoms. The molecular formula is C30H20ClF3N2O4. The second-order valence-corrected chi connectivity index (χ2v) is 8.78. The van der Waals surface area contributed by atoms with Crippen molar-refractivity contribution in [3.8, 4) is 17.6 Å². The molecule has 0 spiro atoms. The summed E-state index contributed by atoms with van der Waals surface area (Å²) in [6.07, 6.45) is -3.43. The number of carbonyl (C=O) groups excluding carboxylic acids is 2. The summed E-state index contributed by atoms with van der Waals surface area (Å²) >= 11 is 5.95. The lowest BCUT2D eigenvalue weighted by molar-refractivity contribution is -0.137. The number of nitrogens with one attached hydrogen (secondary N) is 1. The maximum atomic E-state index is 13.1. The van der Waals surface area contributed by atoms with E-state index in [9.17, 15) is 28.0 Å². The van der Waals surface area contributed by atoms with Crippen molar-refractivity contribution in [2.75, 3.05) is 11.9 Å². The highest BCUT2D eigenvalue weighted by Gasteiger charge is 2.31. The van der Waals surface area contributed by atoms with Crippen LogP contribution in [0.1, 0.15) is 28.4 Å². The van der Waals surface area contributed by atoms with Crippen LogP contribution in [0.25, 0.3) is 16.8 Å². The van der Waals surface area contributed by atoms with E-state index in [1.807, 2.05) is 30.3 Å². The summed E-state index contributed by atoms with van der Waals surface area (Å²) in [5.41, 5.74) is -1.01. The average Bonchev–Trinajstić information content (AvgIpc) is 2.93. The third-order valence-electron chi connectivity index (χ3n) is 5.70. The zero-order valence-electron chi connectivity index (χ0n) is 20.9. The molecule has 4 aromatic carbocycles. The number of alkyl halides is 3. The van der Waals surface area contributed by atoms with Crippen LogP contribution < -0.4 is 14.8 Å². The Labute approximate surface area is 232 Å². The molecular weight excluding hydrogens is 545 g/mol. The van der Waals surface area contributed by atoms with Gasteiger partial charge >= 0.3 is 12.1 Å². The Kier molecular flexibility index (Phi) is 8.41. The van der Waals surface area contributed by atoms with Crippen molar-refractivity contribution < 1.29 is 32.2 Å². The van der Waals surface area contributed by atoms with Crippen LogP contribution in [0.15, 0.2) is 84.4 Å². The van der Waals surface area contributed by atoms with Crippen LogP contribution >= 0.6 is 11.6 Å². The minimum Gasteiger partial charge on any atom is -0.490 e. The zero-order chi connectivity index (χ0) is 28.9. The highest BCUT2D eigenvalue weighted by Crippen LogP contribution is 2.34. The van der Waals surface area contributed by atoms with E-state index < -0.39 is 29.2 Å². The van der Waals surface area contributed by atoms with Crippen molar-refractivity contribution in [2.45, 2.75) is 13.1 Å². The Balaban J connectivity index is 1.59. The number of amides is 1. The number of hydrogen-bond donors (Lipinski definition) is 1. The van der Waals surface area contributed by atoms with Gasteiger partial charge in [-0.3, -0.25) is 4.79 Å². The third-order valence-corrected chi connectivity index (χ3v) is 6.03. The van der Waals surface area contributed by atoms with Gasteiger partial charge in [0.05, 0.1) is 28.4 Å². The fourth-order valence-corrected chi connectivity index (χ4v) is 3.99. The van der Waals surface area contributed by atoms with Gasteiger partial charge in [-0.1, -0.05) is 54.1 Å². The van der Waals surface area contributed by atoms with Crippen molar-refractivity contribution in [1.82, 2.24) is 0 Å². The highest BCUT2D eigenvalue weighted by molar-refractivity contribution is 6.34. The fraction of sp³-hybridized carbons (Fsp3) is 0.100. The molecule has 202 valence electrons. The van der Waals surface area contributed by atoms with Gasteiger partial charge in [-0.2, -0.15) is 18.4 Å². The Hall–Kier alpha value is -4.81. The van der Waals surface area contributed by atoms with Crippen LogP contribution in [-0.2, 0) is 11.0 Å². The quantitative estimate of drug-likeness (QED) is 0.108. The maximum absolute atomic E-state index is 13.1.